The van der Waals surface area contributed by atoms with Crippen LogP contribution in [-0.2, 0) is 9.59 Å². The van der Waals surface area contributed by atoms with Crippen LogP contribution in [0.4, 0.5) is 4.79 Å². The second-order valence-corrected chi connectivity index (χ2v) is 7.93. The zero-order valence-corrected chi connectivity index (χ0v) is 16.0. The lowest BCUT2D eigenvalue weighted by Crippen LogP contribution is -2.49. The molecule has 8 heteroatoms. The van der Waals surface area contributed by atoms with E-state index in [9.17, 15) is 14.4 Å². The molecule has 6 nitrogen and oxygen atoms in total. The molecule has 1 spiro atoms. The van der Waals surface area contributed by atoms with Crippen LogP contribution in [-0.4, -0.2) is 34.9 Å². The Balaban J connectivity index is 1.67. The van der Waals surface area contributed by atoms with E-state index in [1.807, 2.05) is 0 Å². The summed E-state index contributed by atoms with van der Waals surface area (Å²) in [6.45, 7) is 1.71. The largest absolute Gasteiger partial charge is 0.424 e. The Labute approximate surface area is 159 Å². The fourth-order valence-electron chi connectivity index (χ4n) is 3.26. The summed E-state index contributed by atoms with van der Waals surface area (Å²) in [5, 5.41) is 3.28. The molecule has 1 aromatic rings. The maximum absolute atomic E-state index is 12.7. The minimum absolute atomic E-state index is 0.280. The summed E-state index contributed by atoms with van der Waals surface area (Å²) >= 11 is 9.10. The smallest absolute Gasteiger partial charge is 0.331 e. The number of carbonyl (C=O) groups excluding carboxylic acids is 3. The Kier molecular flexibility index (Phi) is 5.06. The van der Waals surface area contributed by atoms with Crippen molar-refractivity contribution in [2.24, 2.45) is 5.92 Å². The van der Waals surface area contributed by atoms with Crippen LogP contribution in [0.25, 0.3) is 0 Å². The standard InChI is InChI=1S/C17H18BrClN2O4/c1-10-4-6-17(7-5-10)15(23)21(16(24)20-17)9-14(22)25-13-3-2-11(19)8-12(13)18/h2-3,8,10H,4-7,9H2,1H3,(H,20,24). The number of urea groups is 1. The number of imide groups is 1. The summed E-state index contributed by atoms with van der Waals surface area (Å²) in [5.74, 6) is -0.205. The van der Waals surface area contributed by atoms with Gasteiger partial charge in [-0.25, -0.2) is 9.59 Å². The molecule has 1 saturated heterocycles. The van der Waals surface area contributed by atoms with Crippen LogP contribution < -0.4 is 10.1 Å². The van der Waals surface area contributed by atoms with Crippen molar-refractivity contribution in [1.82, 2.24) is 10.2 Å². The Hall–Kier alpha value is -1.60. The molecule has 2 aliphatic rings. The van der Waals surface area contributed by atoms with Crippen molar-refractivity contribution in [2.45, 2.75) is 38.1 Å². The quantitative estimate of drug-likeness (QED) is 0.453. The number of ether oxygens (including phenoxy) is 1. The first-order chi connectivity index (χ1) is 11.8. The van der Waals surface area contributed by atoms with Gasteiger partial charge in [-0.3, -0.25) is 9.69 Å². The highest BCUT2D eigenvalue weighted by molar-refractivity contribution is 9.10. The number of hydrogen-bond acceptors (Lipinski definition) is 4. The number of amides is 3. The average molecular weight is 430 g/mol. The third-order valence-corrected chi connectivity index (χ3v) is 5.63. The van der Waals surface area contributed by atoms with E-state index in [1.165, 1.54) is 0 Å². The van der Waals surface area contributed by atoms with Gasteiger partial charge in [0, 0.05) is 5.02 Å². The van der Waals surface area contributed by atoms with E-state index in [-0.39, 0.29) is 11.7 Å². The van der Waals surface area contributed by atoms with Gasteiger partial charge in [0.25, 0.3) is 5.91 Å². The zero-order valence-electron chi connectivity index (χ0n) is 13.7. The fourth-order valence-corrected chi connectivity index (χ4v) is 4.02. The van der Waals surface area contributed by atoms with Gasteiger partial charge in [0.2, 0.25) is 0 Å². The third kappa shape index (κ3) is 3.67. The molecule has 25 heavy (non-hydrogen) atoms. The van der Waals surface area contributed by atoms with Crippen molar-refractivity contribution < 1.29 is 19.1 Å². The highest BCUT2D eigenvalue weighted by atomic mass is 79.9. The van der Waals surface area contributed by atoms with E-state index in [2.05, 4.69) is 28.2 Å². The summed E-state index contributed by atoms with van der Waals surface area (Å²) in [6, 6.07) is 4.18. The maximum Gasteiger partial charge on any atom is 0.331 e. The predicted octanol–water partition coefficient (Wildman–Crippen LogP) is 3.51. The van der Waals surface area contributed by atoms with E-state index in [4.69, 9.17) is 16.3 Å². The molecule has 2 fully saturated rings. The zero-order chi connectivity index (χ0) is 18.2. The highest BCUT2D eigenvalue weighted by Gasteiger charge is 2.52. The second-order valence-electron chi connectivity index (χ2n) is 6.63. The van der Waals surface area contributed by atoms with E-state index in [1.54, 1.807) is 18.2 Å². The summed E-state index contributed by atoms with van der Waals surface area (Å²) < 4.78 is 5.75. The molecule has 1 aromatic carbocycles. The Bertz CT molecular complexity index is 731. The number of esters is 1. The van der Waals surface area contributed by atoms with Gasteiger partial charge < -0.3 is 10.1 Å². The van der Waals surface area contributed by atoms with Crippen molar-refractivity contribution in [2.75, 3.05) is 6.54 Å². The average Bonchev–Trinajstić information content (AvgIpc) is 2.78. The Morgan fingerprint density at radius 1 is 1.40 bits per heavy atom. The van der Waals surface area contributed by atoms with Gasteiger partial charge in [0.1, 0.15) is 17.8 Å². The molecule has 1 aliphatic heterocycles. The first-order valence-corrected chi connectivity index (χ1v) is 9.28. The summed E-state index contributed by atoms with van der Waals surface area (Å²) in [5.41, 5.74) is -0.856. The summed E-state index contributed by atoms with van der Waals surface area (Å²) in [4.78, 5) is 38.0. The number of nitrogens with one attached hydrogen (secondary N) is 1. The molecule has 0 atom stereocenters. The second kappa shape index (κ2) is 6.96. The number of halogens is 2. The van der Waals surface area contributed by atoms with Gasteiger partial charge in [-0.05, 0) is 65.7 Å². The first-order valence-electron chi connectivity index (χ1n) is 8.10. The fraction of sp³-hybridized carbons (Fsp3) is 0.471. The van der Waals surface area contributed by atoms with E-state index >= 15 is 0 Å². The number of hydrogen-bond donors (Lipinski definition) is 1. The minimum Gasteiger partial charge on any atom is -0.424 e. The lowest BCUT2D eigenvalue weighted by atomic mass is 9.77. The molecule has 1 N–H and O–H groups in total. The summed E-state index contributed by atoms with van der Waals surface area (Å²) in [6.07, 6.45) is 2.96. The highest BCUT2D eigenvalue weighted by Crippen LogP contribution is 2.36. The molecule has 3 amide bonds. The van der Waals surface area contributed by atoms with E-state index in [0.29, 0.717) is 28.3 Å². The molecule has 3 rings (SSSR count). The number of nitrogens with zero attached hydrogens (tertiary/aromatic N) is 1. The maximum atomic E-state index is 12.7. The number of carbonyl (C=O) groups is 3. The van der Waals surface area contributed by atoms with Crippen molar-refractivity contribution in [3.8, 4) is 5.75 Å². The number of benzene rings is 1. The van der Waals surface area contributed by atoms with Crippen molar-refractivity contribution in [3.63, 3.8) is 0 Å². The van der Waals surface area contributed by atoms with Gasteiger partial charge in [-0.15, -0.1) is 0 Å². The normalized spacial score (nSPS) is 26.0. The summed E-state index contributed by atoms with van der Waals surface area (Å²) in [7, 11) is 0. The molecule has 0 unspecified atom stereocenters. The molecule has 0 radical (unpaired) electrons. The SMILES string of the molecule is CC1CCC2(CC1)NC(=O)N(CC(=O)Oc1ccc(Cl)cc1Br)C2=O. The van der Waals surface area contributed by atoms with E-state index < -0.39 is 24.1 Å². The van der Waals surface area contributed by atoms with Gasteiger partial charge in [0.05, 0.1) is 4.47 Å². The molecule has 1 aliphatic carbocycles. The van der Waals surface area contributed by atoms with Crippen LogP contribution in [0.3, 0.4) is 0 Å². The topological polar surface area (TPSA) is 75.7 Å². The molecule has 1 heterocycles. The van der Waals surface area contributed by atoms with Crippen LogP contribution >= 0.6 is 27.5 Å². The molecule has 1 saturated carbocycles. The van der Waals surface area contributed by atoms with Gasteiger partial charge in [0.15, 0.2) is 0 Å². The van der Waals surface area contributed by atoms with Crippen molar-refractivity contribution in [3.05, 3.63) is 27.7 Å². The predicted molar refractivity (Wildman–Crippen MR) is 95.4 cm³/mol. The molecule has 134 valence electrons. The molecular weight excluding hydrogens is 412 g/mol. The van der Waals surface area contributed by atoms with Crippen LogP contribution in [0.5, 0.6) is 5.75 Å². The van der Waals surface area contributed by atoms with Gasteiger partial charge >= 0.3 is 12.0 Å². The first kappa shape index (κ1) is 18.2. The van der Waals surface area contributed by atoms with Crippen LogP contribution in [0.2, 0.25) is 5.02 Å². The molecule has 0 aromatic heterocycles. The lowest BCUT2D eigenvalue weighted by Gasteiger charge is -2.33. The molecule has 0 bridgehead atoms. The van der Waals surface area contributed by atoms with Crippen molar-refractivity contribution >= 4 is 45.4 Å². The van der Waals surface area contributed by atoms with E-state index in [0.717, 1.165) is 17.7 Å². The Morgan fingerprint density at radius 2 is 2.08 bits per heavy atom. The van der Waals surface area contributed by atoms with Crippen molar-refractivity contribution in [1.29, 1.82) is 0 Å². The minimum atomic E-state index is -0.856. The van der Waals surface area contributed by atoms with Gasteiger partial charge in [-0.2, -0.15) is 0 Å². The lowest BCUT2D eigenvalue weighted by molar-refractivity contribution is -0.141. The van der Waals surface area contributed by atoms with Crippen LogP contribution in [0.15, 0.2) is 22.7 Å². The van der Waals surface area contributed by atoms with Gasteiger partial charge in [-0.1, -0.05) is 18.5 Å². The monoisotopic (exact) mass is 428 g/mol. The Morgan fingerprint density at radius 3 is 2.72 bits per heavy atom. The molecular formula is C17H18BrClN2O4. The van der Waals surface area contributed by atoms with Crippen LogP contribution in [0, 0.1) is 5.92 Å². The third-order valence-electron chi connectivity index (χ3n) is 4.78. The van der Waals surface area contributed by atoms with Crippen LogP contribution in [0.1, 0.15) is 32.6 Å². The number of rotatable bonds is 3.